The minimum atomic E-state index is 0.0585. The van der Waals surface area contributed by atoms with Gasteiger partial charge in [-0.3, -0.25) is 9.59 Å². The summed E-state index contributed by atoms with van der Waals surface area (Å²) in [6.07, 6.45) is 7.44. The van der Waals surface area contributed by atoms with E-state index in [9.17, 15) is 9.59 Å². The average Bonchev–Trinajstić information content (AvgIpc) is 2.69. The van der Waals surface area contributed by atoms with Gasteiger partial charge in [0.25, 0.3) is 5.91 Å². The smallest absolute Gasteiger partial charge is 0.253 e. The van der Waals surface area contributed by atoms with Crippen LogP contribution in [0.25, 0.3) is 0 Å². The van der Waals surface area contributed by atoms with Gasteiger partial charge in [-0.2, -0.15) is 0 Å². The Morgan fingerprint density at radius 2 is 1.63 bits per heavy atom. The molecule has 2 aliphatic rings. The highest BCUT2D eigenvalue weighted by Crippen LogP contribution is 2.24. The van der Waals surface area contributed by atoms with Crippen LogP contribution in [0.5, 0.6) is 5.75 Å². The lowest BCUT2D eigenvalue weighted by Crippen LogP contribution is -2.48. The molecule has 1 aromatic carbocycles. The third kappa shape index (κ3) is 5.47. The molecule has 0 spiro atoms. The van der Waals surface area contributed by atoms with E-state index in [1.54, 1.807) is 0 Å². The number of hydrogen-bond donors (Lipinski definition) is 1. The van der Waals surface area contributed by atoms with Crippen LogP contribution in [0.15, 0.2) is 24.3 Å². The van der Waals surface area contributed by atoms with Crippen LogP contribution in [-0.2, 0) is 4.79 Å². The van der Waals surface area contributed by atoms with Crippen molar-refractivity contribution < 1.29 is 14.3 Å². The van der Waals surface area contributed by atoms with Crippen molar-refractivity contribution >= 4 is 11.8 Å². The summed E-state index contributed by atoms with van der Waals surface area (Å²) in [5.41, 5.74) is 0.691. The summed E-state index contributed by atoms with van der Waals surface area (Å²) >= 11 is 0. The molecule has 1 N–H and O–H groups in total. The number of carbonyl (C=O) groups is 2. The number of ether oxygens (including phenoxy) is 1. The molecule has 1 aliphatic carbocycles. The van der Waals surface area contributed by atoms with Crippen molar-refractivity contribution in [2.45, 2.75) is 70.9 Å². The predicted octanol–water partition coefficient (Wildman–Crippen LogP) is 3.77. The maximum absolute atomic E-state index is 12.7. The molecule has 1 heterocycles. The zero-order valence-corrected chi connectivity index (χ0v) is 16.6. The Morgan fingerprint density at radius 1 is 1.00 bits per heavy atom. The number of nitrogens with one attached hydrogen (secondary N) is 1. The van der Waals surface area contributed by atoms with Gasteiger partial charge >= 0.3 is 0 Å². The molecule has 1 saturated heterocycles. The van der Waals surface area contributed by atoms with Crippen molar-refractivity contribution in [3.8, 4) is 5.75 Å². The Hall–Kier alpha value is -2.04. The second-order valence-corrected chi connectivity index (χ2v) is 8.10. The Balaban J connectivity index is 1.46. The summed E-state index contributed by atoms with van der Waals surface area (Å²) in [5.74, 6) is 1.26. The molecule has 5 heteroatoms. The number of benzene rings is 1. The van der Waals surface area contributed by atoms with Crippen LogP contribution in [0, 0.1) is 5.92 Å². The summed E-state index contributed by atoms with van der Waals surface area (Å²) in [7, 11) is 0. The number of nitrogens with zero attached hydrogens (tertiary/aromatic N) is 1. The van der Waals surface area contributed by atoms with Gasteiger partial charge in [0, 0.05) is 30.6 Å². The molecule has 0 bridgehead atoms. The van der Waals surface area contributed by atoms with E-state index in [1.807, 2.05) is 43.0 Å². The number of carbonyl (C=O) groups excluding carboxylic acids is 2. The van der Waals surface area contributed by atoms with Gasteiger partial charge in [0.2, 0.25) is 5.91 Å². The van der Waals surface area contributed by atoms with Gasteiger partial charge in [-0.25, -0.2) is 0 Å². The van der Waals surface area contributed by atoms with Crippen LogP contribution < -0.4 is 10.1 Å². The molecule has 5 nitrogen and oxygen atoms in total. The highest BCUT2D eigenvalue weighted by molar-refractivity contribution is 5.94. The van der Waals surface area contributed by atoms with Crippen molar-refractivity contribution in [3.63, 3.8) is 0 Å². The van der Waals surface area contributed by atoms with Crippen LogP contribution in [0.2, 0.25) is 0 Å². The Kier molecular flexibility index (Phi) is 6.75. The number of hydrogen-bond acceptors (Lipinski definition) is 3. The highest BCUT2D eigenvalue weighted by Gasteiger charge is 2.27. The molecular weight excluding hydrogens is 340 g/mol. The molecule has 1 saturated carbocycles. The van der Waals surface area contributed by atoms with Crippen LogP contribution in [0.4, 0.5) is 0 Å². The number of amides is 2. The van der Waals surface area contributed by atoms with Crippen LogP contribution in [-0.4, -0.2) is 41.9 Å². The third-order valence-electron chi connectivity index (χ3n) is 5.58. The fourth-order valence-corrected chi connectivity index (χ4v) is 4.04. The zero-order chi connectivity index (χ0) is 19.2. The molecular formula is C22H32N2O3. The van der Waals surface area contributed by atoms with E-state index in [0.717, 1.165) is 31.4 Å². The fraction of sp³-hybridized carbons (Fsp3) is 0.636. The maximum atomic E-state index is 12.7. The molecule has 2 fully saturated rings. The monoisotopic (exact) mass is 372 g/mol. The molecule has 1 aromatic rings. The maximum Gasteiger partial charge on any atom is 0.253 e. The lowest BCUT2D eigenvalue weighted by Gasteiger charge is -2.33. The van der Waals surface area contributed by atoms with Crippen molar-refractivity contribution in [2.24, 2.45) is 5.92 Å². The fourth-order valence-electron chi connectivity index (χ4n) is 4.04. The normalized spacial score (nSPS) is 19.1. The number of piperidine rings is 1. The number of likely N-dealkylation sites (tertiary alicyclic amines) is 1. The molecule has 148 valence electrons. The van der Waals surface area contributed by atoms with Gasteiger partial charge < -0.3 is 15.0 Å². The Bertz CT molecular complexity index is 627. The molecule has 0 aromatic heterocycles. The lowest BCUT2D eigenvalue weighted by molar-refractivity contribution is -0.126. The van der Waals surface area contributed by atoms with Gasteiger partial charge in [-0.1, -0.05) is 19.3 Å². The Morgan fingerprint density at radius 3 is 2.22 bits per heavy atom. The van der Waals surface area contributed by atoms with Crippen LogP contribution in [0.1, 0.15) is 69.2 Å². The minimum absolute atomic E-state index is 0.0585. The van der Waals surface area contributed by atoms with Crippen LogP contribution >= 0.6 is 0 Å². The first-order chi connectivity index (χ1) is 13.0. The highest BCUT2D eigenvalue weighted by atomic mass is 16.5. The van der Waals surface area contributed by atoms with E-state index in [2.05, 4.69) is 5.32 Å². The molecule has 27 heavy (non-hydrogen) atoms. The second-order valence-electron chi connectivity index (χ2n) is 8.10. The lowest BCUT2D eigenvalue weighted by atomic mass is 9.88. The average molecular weight is 373 g/mol. The molecule has 2 amide bonds. The quantitative estimate of drug-likeness (QED) is 0.856. The topological polar surface area (TPSA) is 58.6 Å². The van der Waals surface area contributed by atoms with Gasteiger partial charge in [0.15, 0.2) is 0 Å². The van der Waals surface area contributed by atoms with Crippen molar-refractivity contribution in [1.82, 2.24) is 10.2 Å². The number of rotatable bonds is 5. The van der Waals surface area contributed by atoms with Crippen molar-refractivity contribution in [2.75, 3.05) is 13.1 Å². The van der Waals surface area contributed by atoms with Crippen molar-refractivity contribution in [3.05, 3.63) is 29.8 Å². The Labute approximate surface area is 162 Å². The summed E-state index contributed by atoms with van der Waals surface area (Å²) < 4.78 is 5.63. The first-order valence-corrected chi connectivity index (χ1v) is 10.4. The van der Waals surface area contributed by atoms with E-state index in [1.165, 1.54) is 19.3 Å². The predicted molar refractivity (Wildman–Crippen MR) is 106 cm³/mol. The molecule has 0 atom stereocenters. The van der Waals surface area contributed by atoms with E-state index in [-0.39, 0.29) is 29.9 Å². The standard InChI is InChI=1S/C22H32N2O3/c1-16(2)27-20-10-8-18(9-11-20)22(26)24-14-12-19(13-15-24)23-21(25)17-6-4-3-5-7-17/h8-11,16-17,19H,3-7,12-15H2,1-2H3,(H,23,25). The largest absolute Gasteiger partial charge is 0.491 e. The molecule has 3 rings (SSSR count). The summed E-state index contributed by atoms with van der Waals surface area (Å²) in [6.45, 7) is 5.35. The summed E-state index contributed by atoms with van der Waals surface area (Å²) in [6, 6.07) is 7.56. The molecule has 1 aliphatic heterocycles. The first-order valence-electron chi connectivity index (χ1n) is 10.4. The molecule has 0 unspecified atom stereocenters. The van der Waals surface area contributed by atoms with Gasteiger partial charge in [0.05, 0.1) is 6.10 Å². The van der Waals surface area contributed by atoms with Crippen molar-refractivity contribution in [1.29, 1.82) is 0 Å². The van der Waals surface area contributed by atoms with E-state index >= 15 is 0 Å². The van der Waals surface area contributed by atoms with E-state index < -0.39 is 0 Å². The summed E-state index contributed by atoms with van der Waals surface area (Å²) in [4.78, 5) is 27.0. The second kappa shape index (κ2) is 9.25. The summed E-state index contributed by atoms with van der Waals surface area (Å²) in [5, 5.41) is 3.22. The van der Waals surface area contributed by atoms with Crippen LogP contribution in [0.3, 0.4) is 0 Å². The minimum Gasteiger partial charge on any atom is -0.491 e. The van der Waals surface area contributed by atoms with E-state index in [0.29, 0.717) is 18.7 Å². The zero-order valence-electron chi connectivity index (χ0n) is 16.6. The van der Waals surface area contributed by atoms with Gasteiger partial charge in [0.1, 0.15) is 5.75 Å². The van der Waals surface area contributed by atoms with E-state index in [4.69, 9.17) is 4.74 Å². The first kappa shape index (κ1) is 19.7. The van der Waals surface area contributed by atoms with Gasteiger partial charge in [-0.05, 0) is 63.8 Å². The SMILES string of the molecule is CC(C)Oc1ccc(C(=O)N2CCC(NC(=O)C3CCCCC3)CC2)cc1. The third-order valence-corrected chi connectivity index (χ3v) is 5.58. The van der Waals surface area contributed by atoms with Gasteiger partial charge in [-0.15, -0.1) is 0 Å². The molecule has 0 radical (unpaired) electrons.